The van der Waals surface area contributed by atoms with Gasteiger partial charge in [0.15, 0.2) is 11.3 Å². The minimum absolute atomic E-state index is 0.163. The van der Waals surface area contributed by atoms with E-state index in [1.807, 2.05) is 0 Å². The molecule has 0 saturated carbocycles. The quantitative estimate of drug-likeness (QED) is 0.396. The van der Waals surface area contributed by atoms with Gasteiger partial charge in [-0.1, -0.05) is 11.6 Å². The summed E-state index contributed by atoms with van der Waals surface area (Å²) >= 11 is 5.88. The molecule has 0 saturated heterocycles. The molecule has 0 aliphatic rings. The highest BCUT2D eigenvalue weighted by Gasteiger charge is 2.18. The molecule has 2 aromatic carbocycles. The fourth-order valence-corrected chi connectivity index (χ4v) is 2.59. The average Bonchev–Trinajstić information content (AvgIpc) is 3.29. The Bertz CT molecular complexity index is 1160. The number of carbonyl (C=O) groups excluding carboxylic acids is 1. The molecule has 9 heteroatoms. The van der Waals surface area contributed by atoms with Crippen LogP contribution >= 0.6 is 11.6 Å². The summed E-state index contributed by atoms with van der Waals surface area (Å²) in [4.78, 5) is 26.5. The maximum absolute atomic E-state index is 12.2. The second-order valence-electron chi connectivity index (χ2n) is 5.56. The van der Waals surface area contributed by atoms with E-state index in [4.69, 9.17) is 20.4 Å². The van der Waals surface area contributed by atoms with Crippen molar-refractivity contribution in [3.05, 3.63) is 75.5 Å². The number of hydrogen-bond acceptors (Lipinski definition) is 6. The van der Waals surface area contributed by atoms with Crippen molar-refractivity contribution in [2.24, 2.45) is 0 Å². The molecule has 1 N–H and O–H groups in total. The van der Waals surface area contributed by atoms with Gasteiger partial charge < -0.3 is 14.2 Å². The number of nitro groups is 1. The van der Waals surface area contributed by atoms with Crippen LogP contribution in [0.25, 0.3) is 22.6 Å². The first-order valence-electron chi connectivity index (χ1n) is 7.72. The summed E-state index contributed by atoms with van der Waals surface area (Å²) in [5, 5.41) is 13.8. The Labute approximate surface area is 156 Å². The Kier molecular flexibility index (Phi) is 4.09. The van der Waals surface area contributed by atoms with Crippen molar-refractivity contribution in [3.8, 4) is 11.5 Å². The normalized spacial score (nSPS) is 10.9. The van der Waals surface area contributed by atoms with Crippen LogP contribution in [0.5, 0.6) is 0 Å². The van der Waals surface area contributed by atoms with Crippen molar-refractivity contribution >= 4 is 40.2 Å². The minimum atomic E-state index is -0.712. The third-order valence-electron chi connectivity index (χ3n) is 3.73. The number of fused-ring (bicyclic) bond motifs is 1. The first kappa shape index (κ1) is 16.8. The number of rotatable bonds is 4. The van der Waals surface area contributed by atoms with Crippen LogP contribution in [0.4, 0.5) is 11.6 Å². The van der Waals surface area contributed by atoms with Crippen molar-refractivity contribution in [1.29, 1.82) is 0 Å². The first-order valence-corrected chi connectivity index (χ1v) is 8.09. The van der Waals surface area contributed by atoms with E-state index in [0.717, 1.165) is 11.6 Å². The second kappa shape index (κ2) is 6.58. The summed E-state index contributed by atoms with van der Waals surface area (Å²) in [5.74, 6) is -0.848. The zero-order valence-corrected chi connectivity index (χ0v) is 14.3. The fourth-order valence-electron chi connectivity index (χ4n) is 2.46. The predicted octanol–water partition coefficient (Wildman–Crippen LogP) is 4.90. The third kappa shape index (κ3) is 3.38. The Morgan fingerprint density at radius 2 is 1.85 bits per heavy atom. The van der Waals surface area contributed by atoms with E-state index in [2.05, 4.69) is 10.3 Å². The Hall–Kier alpha value is -3.65. The van der Waals surface area contributed by atoms with Crippen LogP contribution in [-0.2, 0) is 0 Å². The minimum Gasteiger partial charge on any atom is -0.436 e. The van der Waals surface area contributed by atoms with Crippen LogP contribution in [0, 0.1) is 10.1 Å². The third-order valence-corrected chi connectivity index (χ3v) is 3.98. The fraction of sp³-hybridized carbons (Fsp3) is 0. The van der Waals surface area contributed by atoms with E-state index < -0.39 is 16.7 Å². The molecule has 2 aromatic heterocycles. The Morgan fingerprint density at radius 1 is 1.07 bits per heavy atom. The van der Waals surface area contributed by atoms with Crippen LogP contribution < -0.4 is 5.32 Å². The molecule has 0 atom stereocenters. The lowest BCUT2D eigenvalue weighted by Gasteiger charge is -2.01. The van der Waals surface area contributed by atoms with Crippen molar-refractivity contribution in [1.82, 2.24) is 4.98 Å². The second-order valence-corrected chi connectivity index (χ2v) is 5.99. The van der Waals surface area contributed by atoms with E-state index in [9.17, 15) is 14.9 Å². The summed E-state index contributed by atoms with van der Waals surface area (Å²) in [6, 6.07) is 14.3. The molecule has 0 aliphatic carbocycles. The number of halogens is 1. The topological polar surface area (TPSA) is 111 Å². The molecule has 0 aliphatic heterocycles. The van der Waals surface area contributed by atoms with Gasteiger partial charge in [0.2, 0.25) is 5.89 Å². The lowest BCUT2D eigenvalue weighted by Crippen LogP contribution is -2.10. The number of anilines is 1. The van der Waals surface area contributed by atoms with E-state index >= 15 is 0 Å². The number of amides is 1. The molecular weight excluding hydrogens is 374 g/mol. The molecule has 2 heterocycles. The van der Waals surface area contributed by atoms with Crippen molar-refractivity contribution in [2.45, 2.75) is 0 Å². The number of hydrogen-bond donors (Lipinski definition) is 1. The molecule has 1 amide bonds. The van der Waals surface area contributed by atoms with Crippen LogP contribution in [-0.4, -0.2) is 15.8 Å². The molecule has 4 aromatic rings. The van der Waals surface area contributed by atoms with Gasteiger partial charge in [-0.05, 0) is 48.5 Å². The van der Waals surface area contributed by atoms with Crippen molar-refractivity contribution in [3.63, 3.8) is 0 Å². The SMILES string of the molecule is O=C(Nc1ccc2oc(-c3ccc(Cl)cc3)nc2c1)c1ccc([N+](=O)[O-])o1. The van der Waals surface area contributed by atoms with Gasteiger partial charge in [0.05, 0.1) is 6.07 Å². The lowest BCUT2D eigenvalue weighted by molar-refractivity contribution is -0.402. The van der Waals surface area contributed by atoms with E-state index in [0.29, 0.717) is 27.7 Å². The Balaban J connectivity index is 1.58. The molecule has 0 bridgehead atoms. The molecule has 8 nitrogen and oxygen atoms in total. The molecule has 0 unspecified atom stereocenters. The maximum Gasteiger partial charge on any atom is 0.433 e. The molecule has 134 valence electrons. The summed E-state index contributed by atoms with van der Waals surface area (Å²) in [6.45, 7) is 0. The summed E-state index contributed by atoms with van der Waals surface area (Å²) in [7, 11) is 0. The van der Waals surface area contributed by atoms with Crippen LogP contribution in [0.2, 0.25) is 5.02 Å². The van der Waals surface area contributed by atoms with Gasteiger partial charge in [-0.15, -0.1) is 0 Å². The Morgan fingerprint density at radius 3 is 2.56 bits per heavy atom. The summed E-state index contributed by atoms with van der Waals surface area (Å²) in [5.41, 5.74) is 2.31. The number of carbonyl (C=O) groups is 1. The largest absolute Gasteiger partial charge is 0.436 e. The monoisotopic (exact) mass is 383 g/mol. The molecule has 0 fully saturated rings. The molecule has 27 heavy (non-hydrogen) atoms. The number of oxazole rings is 1. The van der Waals surface area contributed by atoms with Crippen molar-refractivity contribution < 1.29 is 18.6 Å². The predicted molar refractivity (Wildman–Crippen MR) is 97.8 cm³/mol. The highest BCUT2D eigenvalue weighted by Crippen LogP contribution is 2.27. The average molecular weight is 384 g/mol. The van der Waals surface area contributed by atoms with Crippen LogP contribution in [0.3, 0.4) is 0 Å². The number of nitrogens with one attached hydrogen (secondary N) is 1. The smallest absolute Gasteiger partial charge is 0.433 e. The van der Waals surface area contributed by atoms with Gasteiger partial charge in [-0.25, -0.2) is 4.98 Å². The molecule has 4 rings (SSSR count). The van der Waals surface area contributed by atoms with Gasteiger partial charge in [-0.3, -0.25) is 14.9 Å². The number of furan rings is 1. The molecule has 0 radical (unpaired) electrons. The van der Waals surface area contributed by atoms with Gasteiger partial charge in [0, 0.05) is 16.3 Å². The number of aromatic nitrogens is 1. The van der Waals surface area contributed by atoms with Crippen LogP contribution in [0.1, 0.15) is 10.6 Å². The van der Waals surface area contributed by atoms with E-state index in [1.165, 1.54) is 6.07 Å². The highest BCUT2D eigenvalue weighted by atomic mass is 35.5. The lowest BCUT2D eigenvalue weighted by atomic mass is 10.2. The number of benzene rings is 2. The zero-order valence-electron chi connectivity index (χ0n) is 13.5. The summed E-state index contributed by atoms with van der Waals surface area (Å²) < 4.78 is 10.6. The van der Waals surface area contributed by atoms with Crippen LogP contribution in [0.15, 0.2) is 63.4 Å². The van der Waals surface area contributed by atoms with Gasteiger partial charge in [0.25, 0.3) is 5.91 Å². The molecule has 0 spiro atoms. The van der Waals surface area contributed by atoms with Gasteiger partial charge in [0.1, 0.15) is 10.4 Å². The van der Waals surface area contributed by atoms with Gasteiger partial charge >= 0.3 is 5.88 Å². The summed E-state index contributed by atoms with van der Waals surface area (Å²) in [6.07, 6.45) is 0. The van der Waals surface area contributed by atoms with Gasteiger partial charge in [-0.2, -0.15) is 0 Å². The highest BCUT2D eigenvalue weighted by molar-refractivity contribution is 6.30. The van der Waals surface area contributed by atoms with Crippen molar-refractivity contribution in [2.75, 3.05) is 5.32 Å². The first-order chi connectivity index (χ1) is 13.0. The zero-order chi connectivity index (χ0) is 19.0. The maximum atomic E-state index is 12.2. The van der Waals surface area contributed by atoms with E-state index in [-0.39, 0.29) is 5.76 Å². The van der Waals surface area contributed by atoms with E-state index in [1.54, 1.807) is 42.5 Å². The number of nitrogens with zero attached hydrogens (tertiary/aromatic N) is 2. The standard InChI is InChI=1S/C18H10ClN3O5/c19-11-3-1-10(2-4-11)18-21-13-9-12(5-6-14(13)27-18)20-17(23)15-7-8-16(26-15)22(24)25/h1-9H,(H,20,23). The molecular formula is C18H10ClN3O5.